The summed E-state index contributed by atoms with van der Waals surface area (Å²) in [5, 5.41) is 3.44. The van der Waals surface area contributed by atoms with Crippen molar-refractivity contribution >= 4 is 15.9 Å². The van der Waals surface area contributed by atoms with E-state index in [-0.39, 0.29) is 0 Å². The fourth-order valence-corrected chi connectivity index (χ4v) is 2.79. The van der Waals surface area contributed by atoms with Crippen molar-refractivity contribution in [1.82, 2.24) is 10.2 Å². The summed E-state index contributed by atoms with van der Waals surface area (Å²) in [6, 6.07) is 8.73. The summed E-state index contributed by atoms with van der Waals surface area (Å²) in [7, 11) is 0. The number of rotatable bonds is 7. The molecule has 0 saturated carbocycles. The molecule has 1 aliphatic rings. The molecule has 0 spiro atoms. The molecule has 19 heavy (non-hydrogen) atoms. The average molecular weight is 327 g/mol. The molecule has 3 nitrogen and oxygen atoms in total. The molecule has 0 aliphatic carbocycles. The third-order valence-corrected chi connectivity index (χ3v) is 4.05. The normalized spacial score (nSPS) is 19.0. The maximum atomic E-state index is 5.81. The van der Waals surface area contributed by atoms with Gasteiger partial charge in [-0.15, -0.1) is 0 Å². The predicted octanol–water partition coefficient (Wildman–Crippen LogP) is 2.90. The van der Waals surface area contributed by atoms with Gasteiger partial charge in [0.2, 0.25) is 0 Å². The molecule has 0 radical (unpaired) electrons. The molecule has 1 unspecified atom stereocenters. The van der Waals surface area contributed by atoms with Crippen molar-refractivity contribution in [2.75, 3.05) is 32.8 Å². The van der Waals surface area contributed by atoms with Crippen LogP contribution >= 0.6 is 15.9 Å². The van der Waals surface area contributed by atoms with E-state index in [0.717, 1.165) is 43.0 Å². The van der Waals surface area contributed by atoms with Crippen LogP contribution in [0.1, 0.15) is 19.8 Å². The smallest absolute Gasteiger partial charge is 0.119 e. The first-order chi connectivity index (χ1) is 9.29. The lowest BCUT2D eigenvalue weighted by Gasteiger charge is -2.27. The zero-order chi connectivity index (χ0) is 13.5. The highest BCUT2D eigenvalue weighted by molar-refractivity contribution is 9.10. The number of nitrogens with one attached hydrogen (secondary N) is 1. The van der Waals surface area contributed by atoms with Gasteiger partial charge < -0.3 is 10.1 Å². The fraction of sp³-hybridized carbons (Fsp3) is 0.600. The summed E-state index contributed by atoms with van der Waals surface area (Å²) in [6.45, 7) is 7.45. The third kappa shape index (κ3) is 4.79. The van der Waals surface area contributed by atoms with Gasteiger partial charge in [0.15, 0.2) is 0 Å². The molecule has 1 atom stereocenters. The first-order valence-electron chi connectivity index (χ1n) is 7.12. The van der Waals surface area contributed by atoms with E-state index < -0.39 is 0 Å². The topological polar surface area (TPSA) is 24.5 Å². The third-order valence-electron chi connectivity index (χ3n) is 3.52. The largest absolute Gasteiger partial charge is 0.492 e. The number of nitrogens with zero attached hydrogens (tertiary/aromatic N) is 1. The molecular formula is C15H23BrN2O. The van der Waals surface area contributed by atoms with Gasteiger partial charge in [-0.3, -0.25) is 4.90 Å². The Hall–Kier alpha value is -0.580. The summed E-state index contributed by atoms with van der Waals surface area (Å²) in [5.74, 6) is 0.948. The van der Waals surface area contributed by atoms with E-state index >= 15 is 0 Å². The van der Waals surface area contributed by atoms with Crippen LogP contribution in [0.15, 0.2) is 28.7 Å². The molecule has 0 aromatic heterocycles. The van der Waals surface area contributed by atoms with E-state index in [0.29, 0.717) is 6.04 Å². The van der Waals surface area contributed by atoms with Crippen LogP contribution in [0, 0.1) is 0 Å². The van der Waals surface area contributed by atoms with Crippen molar-refractivity contribution in [2.45, 2.75) is 25.8 Å². The van der Waals surface area contributed by atoms with Gasteiger partial charge in [0.1, 0.15) is 12.4 Å². The summed E-state index contributed by atoms with van der Waals surface area (Å²) in [6.07, 6.45) is 2.47. The first kappa shape index (κ1) is 14.8. The number of halogens is 1. The van der Waals surface area contributed by atoms with Crippen molar-refractivity contribution in [3.05, 3.63) is 28.7 Å². The van der Waals surface area contributed by atoms with Crippen molar-refractivity contribution in [3.63, 3.8) is 0 Å². The maximum Gasteiger partial charge on any atom is 0.119 e. The lowest BCUT2D eigenvalue weighted by molar-refractivity contribution is 0.167. The molecule has 1 saturated heterocycles. The average Bonchev–Trinajstić information content (AvgIpc) is 2.94. The van der Waals surface area contributed by atoms with Gasteiger partial charge in [-0.05, 0) is 50.2 Å². The Balaban J connectivity index is 1.76. The zero-order valence-electron chi connectivity index (χ0n) is 11.6. The minimum atomic E-state index is 0.688. The number of ether oxygens (including phenoxy) is 1. The Bertz CT molecular complexity index is 363. The highest BCUT2D eigenvalue weighted by Crippen LogP contribution is 2.16. The van der Waals surface area contributed by atoms with Gasteiger partial charge in [0.25, 0.3) is 0 Å². The fourth-order valence-electron chi connectivity index (χ4n) is 2.53. The molecule has 2 rings (SSSR count). The number of hydrogen-bond acceptors (Lipinski definition) is 3. The molecule has 1 N–H and O–H groups in total. The SMILES string of the molecule is CCCN(CCOc1ccc(Br)cc1)C1CCNC1. The van der Waals surface area contributed by atoms with E-state index in [1.807, 2.05) is 24.3 Å². The van der Waals surface area contributed by atoms with Gasteiger partial charge >= 0.3 is 0 Å². The monoisotopic (exact) mass is 326 g/mol. The van der Waals surface area contributed by atoms with Crippen molar-refractivity contribution < 1.29 is 4.74 Å². The van der Waals surface area contributed by atoms with Crippen LogP contribution in [0.4, 0.5) is 0 Å². The predicted molar refractivity (Wildman–Crippen MR) is 82.8 cm³/mol. The Labute approximate surface area is 124 Å². The van der Waals surface area contributed by atoms with Gasteiger partial charge in [-0.2, -0.15) is 0 Å². The van der Waals surface area contributed by atoms with Crippen LogP contribution in [-0.4, -0.2) is 43.7 Å². The zero-order valence-corrected chi connectivity index (χ0v) is 13.2. The lowest BCUT2D eigenvalue weighted by Crippen LogP contribution is -2.40. The molecule has 1 fully saturated rings. The molecule has 1 aromatic rings. The molecule has 0 bridgehead atoms. The van der Waals surface area contributed by atoms with Crippen LogP contribution in [0.5, 0.6) is 5.75 Å². The van der Waals surface area contributed by atoms with Crippen molar-refractivity contribution in [3.8, 4) is 5.75 Å². The Kier molecular flexibility index (Phi) is 6.14. The van der Waals surface area contributed by atoms with E-state index in [2.05, 4.69) is 33.1 Å². The lowest BCUT2D eigenvalue weighted by atomic mass is 10.2. The minimum absolute atomic E-state index is 0.688. The summed E-state index contributed by atoms with van der Waals surface area (Å²) in [4.78, 5) is 2.55. The molecular weight excluding hydrogens is 304 g/mol. The Morgan fingerprint density at radius 1 is 1.32 bits per heavy atom. The highest BCUT2D eigenvalue weighted by atomic mass is 79.9. The molecule has 0 amide bonds. The van der Waals surface area contributed by atoms with Crippen LogP contribution in [0.3, 0.4) is 0 Å². The first-order valence-corrected chi connectivity index (χ1v) is 7.92. The molecule has 106 valence electrons. The second-order valence-corrected chi connectivity index (χ2v) is 5.90. The second kappa shape index (κ2) is 7.88. The van der Waals surface area contributed by atoms with Crippen molar-refractivity contribution in [2.24, 2.45) is 0 Å². The number of hydrogen-bond donors (Lipinski definition) is 1. The van der Waals surface area contributed by atoms with E-state index in [1.165, 1.54) is 12.8 Å². The molecule has 1 aliphatic heterocycles. The van der Waals surface area contributed by atoms with Crippen LogP contribution in [0.2, 0.25) is 0 Å². The molecule has 1 aromatic carbocycles. The van der Waals surface area contributed by atoms with Crippen LogP contribution < -0.4 is 10.1 Å². The van der Waals surface area contributed by atoms with E-state index in [1.54, 1.807) is 0 Å². The standard InChI is InChI=1S/C15H23BrN2O/c1-2-9-18(14-7-8-17-12-14)10-11-19-15-5-3-13(16)4-6-15/h3-6,14,17H,2,7-12H2,1H3. The quantitative estimate of drug-likeness (QED) is 0.833. The maximum absolute atomic E-state index is 5.81. The van der Waals surface area contributed by atoms with E-state index in [9.17, 15) is 0 Å². The van der Waals surface area contributed by atoms with E-state index in [4.69, 9.17) is 4.74 Å². The molecule has 4 heteroatoms. The number of benzene rings is 1. The second-order valence-electron chi connectivity index (χ2n) is 4.98. The van der Waals surface area contributed by atoms with Crippen molar-refractivity contribution in [1.29, 1.82) is 0 Å². The van der Waals surface area contributed by atoms with Gasteiger partial charge in [0.05, 0.1) is 0 Å². The summed E-state index contributed by atoms with van der Waals surface area (Å²) < 4.78 is 6.90. The summed E-state index contributed by atoms with van der Waals surface area (Å²) in [5.41, 5.74) is 0. The van der Waals surface area contributed by atoms with Crippen LogP contribution in [0.25, 0.3) is 0 Å². The Morgan fingerprint density at radius 2 is 2.11 bits per heavy atom. The summed E-state index contributed by atoms with van der Waals surface area (Å²) >= 11 is 3.43. The van der Waals surface area contributed by atoms with Gasteiger partial charge in [-0.1, -0.05) is 22.9 Å². The van der Waals surface area contributed by atoms with Gasteiger partial charge in [-0.25, -0.2) is 0 Å². The highest BCUT2D eigenvalue weighted by Gasteiger charge is 2.21. The molecule has 1 heterocycles. The van der Waals surface area contributed by atoms with Crippen LogP contribution in [-0.2, 0) is 0 Å². The minimum Gasteiger partial charge on any atom is -0.492 e. The Morgan fingerprint density at radius 3 is 2.74 bits per heavy atom. The van der Waals surface area contributed by atoms with Gasteiger partial charge in [0, 0.05) is 23.6 Å².